The van der Waals surface area contributed by atoms with E-state index in [2.05, 4.69) is 19.9 Å². The normalized spacial score (nSPS) is 10.4. The number of methoxy groups -OCH3 is 1. The second-order valence-corrected chi connectivity index (χ2v) is 3.54. The van der Waals surface area contributed by atoms with Gasteiger partial charge in [-0.25, -0.2) is 24.3 Å². The molecule has 0 atom stereocenters. The smallest absolute Gasteiger partial charge is 0.216 e. The first-order valence-electron chi connectivity index (χ1n) is 4.68. The molecule has 0 aliphatic rings. The van der Waals surface area contributed by atoms with Gasteiger partial charge in [0.05, 0.1) is 12.8 Å². The van der Waals surface area contributed by atoms with Gasteiger partial charge in [-0.15, -0.1) is 0 Å². The van der Waals surface area contributed by atoms with E-state index in [1.165, 1.54) is 20.4 Å². The van der Waals surface area contributed by atoms with Crippen molar-refractivity contribution in [2.75, 3.05) is 7.11 Å². The molecule has 0 saturated carbocycles. The molecule has 0 aliphatic carbocycles. The molecule has 17 heavy (non-hydrogen) atoms. The molecular formula is C10H8ClFN4O. The molecule has 0 unspecified atom stereocenters. The van der Waals surface area contributed by atoms with E-state index in [0.717, 1.165) is 0 Å². The highest BCUT2D eigenvalue weighted by molar-refractivity contribution is 6.29. The third kappa shape index (κ3) is 2.31. The van der Waals surface area contributed by atoms with Gasteiger partial charge in [-0.2, -0.15) is 0 Å². The highest BCUT2D eigenvalue weighted by atomic mass is 35.5. The highest BCUT2D eigenvalue weighted by Gasteiger charge is 2.12. The summed E-state index contributed by atoms with van der Waals surface area (Å²) in [6.45, 7) is 1.50. The highest BCUT2D eigenvalue weighted by Crippen LogP contribution is 2.20. The predicted molar refractivity (Wildman–Crippen MR) is 59.3 cm³/mol. The molecule has 0 radical (unpaired) electrons. The Labute approximate surface area is 102 Å². The summed E-state index contributed by atoms with van der Waals surface area (Å²) >= 11 is 5.64. The SMILES string of the molecule is COc1cc(-c2nc(C)c(F)c(Cl)n2)ncn1. The van der Waals surface area contributed by atoms with Crippen molar-refractivity contribution in [2.24, 2.45) is 0 Å². The van der Waals surface area contributed by atoms with E-state index < -0.39 is 5.82 Å². The van der Waals surface area contributed by atoms with E-state index in [9.17, 15) is 4.39 Å². The summed E-state index contributed by atoms with van der Waals surface area (Å²) in [7, 11) is 1.48. The van der Waals surface area contributed by atoms with Crippen LogP contribution in [0, 0.1) is 12.7 Å². The van der Waals surface area contributed by atoms with Crippen molar-refractivity contribution in [1.82, 2.24) is 19.9 Å². The molecule has 0 N–H and O–H groups in total. The van der Waals surface area contributed by atoms with E-state index in [1.807, 2.05) is 0 Å². The summed E-state index contributed by atoms with van der Waals surface area (Å²) in [5.41, 5.74) is 0.583. The Bertz CT molecular complexity index is 541. The van der Waals surface area contributed by atoms with Gasteiger partial charge in [0.1, 0.15) is 12.0 Å². The van der Waals surface area contributed by atoms with E-state index in [1.54, 1.807) is 6.07 Å². The molecule has 5 nitrogen and oxygen atoms in total. The van der Waals surface area contributed by atoms with Crippen LogP contribution in [0.25, 0.3) is 11.5 Å². The molecule has 0 saturated heterocycles. The Morgan fingerprint density at radius 3 is 2.71 bits per heavy atom. The summed E-state index contributed by atoms with van der Waals surface area (Å²) in [4.78, 5) is 15.6. The number of hydrogen-bond acceptors (Lipinski definition) is 5. The second-order valence-electron chi connectivity index (χ2n) is 3.18. The van der Waals surface area contributed by atoms with Crippen molar-refractivity contribution in [1.29, 1.82) is 0 Å². The topological polar surface area (TPSA) is 60.8 Å². The number of halogens is 2. The van der Waals surface area contributed by atoms with Crippen LogP contribution in [0.4, 0.5) is 4.39 Å². The average Bonchev–Trinajstić information content (AvgIpc) is 2.35. The zero-order chi connectivity index (χ0) is 12.4. The molecule has 0 aromatic carbocycles. The monoisotopic (exact) mass is 254 g/mol. The van der Waals surface area contributed by atoms with Crippen LogP contribution in [0.2, 0.25) is 5.15 Å². The number of aromatic nitrogens is 4. The third-order valence-electron chi connectivity index (χ3n) is 2.06. The third-order valence-corrected chi connectivity index (χ3v) is 2.31. The molecular weight excluding hydrogens is 247 g/mol. The van der Waals surface area contributed by atoms with Gasteiger partial charge in [-0.3, -0.25) is 0 Å². The van der Waals surface area contributed by atoms with E-state index in [4.69, 9.17) is 16.3 Å². The van der Waals surface area contributed by atoms with Crippen molar-refractivity contribution in [2.45, 2.75) is 6.92 Å². The largest absolute Gasteiger partial charge is 0.481 e. The molecule has 7 heteroatoms. The second kappa shape index (κ2) is 4.58. The van der Waals surface area contributed by atoms with Crippen LogP contribution < -0.4 is 4.74 Å². The average molecular weight is 255 g/mol. The number of ether oxygens (including phenoxy) is 1. The van der Waals surface area contributed by atoms with E-state index >= 15 is 0 Å². The minimum Gasteiger partial charge on any atom is -0.481 e. The maximum absolute atomic E-state index is 13.3. The number of hydrogen-bond donors (Lipinski definition) is 0. The Morgan fingerprint density at radius 2 is 2.06 bits per heavy atom. The van der Waals surface area contributed by atoms with Crippen molar-refractivity contribution >= 4 is 11.6 Å². The quantitative estimate of drug-likeness (QED) is 0.768. The van der Waals surface area contributed by atoms with Gasteiger partial charge in [-0.1, -0.05) is 11.6 Å². The van der Waals surface area contributed by atoms with Crippen LogP contribution in [0.5, 0.6) is 5.88 Å². The standard InChI is InChI=1S/C10H8ClFN4O/c1-5-8(12)9(11)16-10(15-5)6-3-7(17-2)14-4-13-6/h3-4H,1-2H3. The minimum absolute atomic E-state index is 0.164. The van der Waals surface area contributed by atoms with Gasteiger partial charge in [0.15, 0.2) is 16.8 Å². The fourth-order valence-electron chi connectivity index (χ4n) is 1.21. The molecule has 0 bridgehead atoms. The predicted octanol–water partition coefficient (Wildman–Crippen LogP) is 2.04. The molecule has 0 aliphatic heterocycles. The zero-order valence-electron chi connectivity index (χ0n) is 9.11. The maximum atomic E-state index is 13.3. The van der Waals surface area contributed by atoms with Gasteiger partial charge < -0.3 is 4.74 Å². The van der Waals surface area contributed by atoms with Crippen molar-refractivity contribution in [3.63, 3.8) is 0 Å². The van der Waals surface area contributed by atoms with Gasteiger partial charge in [0.2, 0.25) is 5.88 Å². The van der Waals surface area contributed by atoms with Crippen molar-refractivity contribution < 1.29 is 9.13 Å². The Morgan fingerprint density at radius 1 is 1.29 bits per heavy atom. The van der Waals surface area contributed by atoms with Crippen LogP contribution in [0.3, 0.4) is 0 Å². The summed E-state index contributed by atoms with van der Waals surface area (Å²) in [6, 6.07) is 1.54. The van der Waals surface area contributed by atoms with Gasteiger partial charge >= 0.3 is 0 Å². The molecule has 2 aromatic rings. The summed E-state index contributed by atoms with van der Waals surface area (Å²) in [6.07, 6.45) is 1.31. The van der Waals surface area contributed by atoms with Gasteiger partial charge in [0, 0.05) is 6.07 Å². The Balaban J connectivity index is 2.52. The van der Waals surface area contributed by atoms with Crippen molar-refractivity contribution in [3.05, 3.63) is 29.1 Å². The first-order chi connectivity index (χ1) is 8.11. The van der Waals surface area contributed by atoms with Crippen LogP contribution in [-0.2, 0) is 0 Å². The summed E-state index contributed by atoms with van der Waals surface area (Å²) in [5.74, 6) is -0.0252. The summed E-state index contributed by atoms with van der Waals surface area (Å²) in [5, 5.41) is -0.231. The fraction of sp³-hybridized carbons (Fsp3) is 0.200. The lowest BCUT2D eigenvalue weighted by Crippen LogP contribution is -1.99. The van der Waals surface area contributed by atoms with Gasteiger partial charge in [0.25, 0.3) is 0 Å². The fourth-order valence-corrected chi connectivity index (χ4v) is 1.43. The molecule has 88 valence electrons. The first kappa shape index (κ1) is 11.7. The van der Waals surface area contributed by atoms with Gasteiger partial charge in [-0.05, 0) is 6.92 Å². The number of nitrogens with zero attached hydrogens (tertiary/aromatic N) is 4. The minimum atomic E-state index is -0.628. The maximum Gasteiger partial charge on any atom is 0.216 e. The molecule has 0 spiro atoms. The molecule has 2 heterocycles. The molecule has 2 aromatic heterocycles. The first-order valence-corrected chi connectivity index (χ1v) is 5.05. The van der Waals surface area contributed by atoms with Crippen LogP contribution in [-0.4, -0.2) is 27.0 Å². The number of rotatable bonds is 2. The molecule has 2 rings (SSSR count). The van der Waals surface area contributed by atoms with Crippen LogP contribution in [0.1, 0.15) is 5.69 Å². The zero-order valence-corrected chi connectivity index (χ0v) is 9.86. The summed E-state index contributed by atoms with van der Waals surface area (Å²) < 4.78 is 18.2. The van der Waals surface area contributed by atoms with Crippen LogP contribution >= 0.6 is 11.6 Å². The van der Waals surface area contributed by atoms with Crippen LogP contribution in [0.15, 0.2) is 12.4 Å². The lowest BCUT2D eigenvalue weighted by Gasteiger charge is -2.04. The lowest BCUT2D eigenvalue weighted by molar-refractivity contribution is 0.397. The number of aryl methyl sites for hydroxylation is 1. The Kier molecular flexibility index (Phi) is 3.14. The van der Waals surface area contributed by atoms with E-state index in [0.29, 0.717) is 11.6 Å². The van der Waals surface area contributed by atoms with Crippen molar-refractivity contribution in [3.8, 4) is 17.4 Å². The Hall–Kier alpha value is -1.82. The lowest BCUT2D eigenvalue weighted by atomic mass is 10.3. The molecule has 0 fully saturated rings. The van der Waals surface area contributed by atoms with E-state index in [-0.39, 0.29) is 16.7 Å². The molecule has 0 amide bonds.